The van der Waals surface area contributed by atoms with Crippen molar-refractivity contribution in [3.05, 3.63) is 69.2 Å². The Morgan fingerprint density at radius 1 is 0.818 bits per heavy atom. The molecule has 0 saturated carbocycles. The van der Waals surface area contributed by atoms with E-state index in [1.165, 1.54) is 12.1 Å². The molecule has 18 heteroatoms. The van der Waals surface area contributed by atoms with E-state index in [1.807, 2.05) is 0 Å². The maximum absolute atomic E-state index is 14.0. The number of aliphatic carboxylic acids is 1. The van der Waals surface area contributed by atoms with Gasteiger partial charge in [-0.15, -0.1) is 0 Å². The highest BCUT2D eigenvalue weighted by atomic mass is 35.5. The molecule has 2 aromatic rings. The SMILES string of the molecule is CCCC(NC(=O)[C@H](CC(C)C)NC(=O)[C@@H](NC(=O)c1cc(Cl)c(Cl)cc1C(=O)O)C1CCNCC1)C(=O)C(=O)NCC(=O)N[C@H](C(=O)O)c1ccccc1. The quantitative estimate of drug-likeness (QED) is 0.0957. The highest BCUT2D eigenvalue weighted by molar-refractivity contribution is 6.42. The van der Waals surface area contributed by atoms with Gasteiger partial charge in [0.25, 0.3) is 11.8 Å². The Bertz CT molecular complexity index is 1750. The Balaban J connectivity index is 1.75. The molecular weight excluding hydrogens is 759 g/mol. The normalized spacial score (nSPS) is 15.1. The van der Waals surface area contributed by atoms with Crippen molar-refractivity contribution in [1.29, 1.82) is 0 Å². The fraction of sp³-hybridized carbons (Fsp3) is 0.459. The summed E-state index contributed by atoms with van der Waals surface area (Å²) in [7, 11) is 0. The molecule has 5 amide bonds. The fourth-order valence-corrected chi connectivity index (χ4v) is 6.38. The Hall–Kier alpha value is -5.06. The Kier molecular flexibility index (Phi) is 17.0. The van der Waals surface area contributed by atoms with Crippen molar-refractivity contribution < 1.29 is 48.6 Å². The second-order valence-electron chi connectivity index (χ2n) is 13.5. The van der Waals surface area contributed by atoms with E-state index in [2.05, 4.69) is 31.9 Å². The number of nitrogens with one attached hydrogen (secondary N) is 6. The first-order chi connectivity index (χ1) is 26.0. The van der Waals surface area contributed by atoms with E-state index in [1.54, 1.807) is 39.0 Å². The molecule has 0 radical (unpaired) electrons. The number of rotatable bonds is 19. The first-order valence-electron chi connectivity index (χ1n) is 17.8. The summed E-state index contributed by atoms with van der Waals surface area (Å²) in [6, 6.07) is 4.84. The summed E-state index contributed by atoms with van der Waals surface area (Å²) in [5.74, 6) is -8.86. The average Bonchev–Trinajstić information content (AvgIpc) is 3.15. The molecule has 0 bridgehead atoms. The number of carboxylic acid groups (broad SMARTS) is 2. The molecule has 1 aliphatic heterocycles. The van der Waals surface area contributed by atoms with Gasteiger partial charge in [-0.2, -0.15) is 0 Å². The molecule has 0 aliphatic carbocycles. The number of amides is 5. The largest absolute Gasteiger partial charge is 0.479 e. The van der Waals surface area contributed by atoms with Gasteiger partial charge in [0.1, 0.15) is 12.1 Å². The molecule has 0 spiro atoms. The average molecular weight is 806 g/mol. The lowest BCUT2D eigenvalue weighted by atomic mass is 9.88. The van der Waals surface area contributed by atoms with Crippen LogP contribution in [0.2, 0.25) is 10.0 Å². The molecule has 298 valence electrons. The minimum absolute atomic E-state index is 0.0327. The van der Waals surface area contributed by atoms with Crippen molar-refractivity contribution >= 4 is 70.5 Å². The first kappa shape index (κ1) is 44.3. The zero-order valence-corrected chi connectivity index (χ0v) is 32.1. The molecule has 1 unspecified atom stereocenters. The van der Waals surface area contributed by atoms with E-state index in [-0.39, 0.29) is 34.4 Å². The van der Waals surface area contributed by atoms with Gasteiger partial charge in [-0.25, -0.2) is 9.59 Å². The predicted molar refractivity (Wildman–Crippen MR) is 201 cm³/mol. The molecule has 1 fully saturated rings. The van der Waals surface area contributed by atoms with Crippen molar-refractivity contribution in [2.24, 2.45) is 11.8 Å². The van der Waals surface area contributed by atoms with Gasteiger partial charge in [0.05, 0.1) is 33.8 Å². The number of benzene rings is 2. The van der Waals surface area contributed by atoms with Crippen LogP contribution in [0.25, 0.3) is 0 Å². The van der Waals surface area contributed by atoms with Crippen LogP contribution in [0.4, 0.5) is 0 Å². The molecule has 55 heavy (non-hydrogen) atoms. The summed E-state index contributed by atoms with van der Waals surface area (Å²) in [6.07, 6.45) is 1.43. The molecule has 8 N–H and O–H groups in total. The number of Topliss-reactive ketones (excluding diaryl/α,β-unsaturated/α-hetero) is 1. The Morgan fingerprint density at radius 2 is 1.42 bits per heavy atom. The van der Waals surface area contributed by atoms with Crippen LogP contribution in [0, 0.1) is 11.8 Å². The second kappa shape index (κ2) is 21.1. The van der Waals surface area contributed by atoms with Gasteiger partial charge in [-0.3, -0.25) is 28.8 Å². The van der Waals surface area contributed by atoms with Crippen LogP contribution in [0.15, 0.2) is 42.5 Å². The Labute approximate surface area is 327 Å². The standard InChI is InChI=1S/C37H46Cl2N6O10/c1-4-8-26(31(47)35(51)41-18-28(46)44-30(37(54)55)20-9-6-5-7-10-20)42-33(49)27(15-19(2)3)43-34(50)29(21-11-13-40-14-12-21)45-32(48)22-16-24(38)25(39)17-23(22)36(52)53/h5-7,9-10,16-17,19,21,26-27,29-30,40H,4,8,11-15,18H2,1-3H3,(H,41,51)(H,42,49)(H,43,50)(H,44,46)(H,45,48)(H,52,53)(H,54,55)/t26?,27-,29-,30-/m0/s1. The summed E-state index contributed by atoms with van der Waals surface area (Å²) in [6.45, 7) is 5.67. The summed E-state index contributed by atoms with van der Waals surface area (Å²) < 4.78 is 0. The zero-order chi connectivity index (χ0) is 40.8. The number of hydrogen-bond acceptors (Lipinski definition) is 9. The molecule has 1 heterocycles. The maximum Gasteiger partial charge on any atom is 0.336 e. The number of carbonyl (C=O) groups is 8. The number of aromatic carboxylic acids is 1. The van der Waals surface area contributed by atoms with Crippen LogP contribution in [0.3, 0.4) is 0 Å². The van der Waals surface area contributed by atoms with Gasteiger partial charge in [-0.1, -0.05) is 80.7 Å². The van der Waals surface area contributed by atoms with E-state index in [0.717, 1.165) is 12.1 Å². The van der Waals surface area contributed by atoms with Crippen molar-refractivity contribution in [2.75, 3.05) is 19.6 Å². The van der Waals surface area contributed by atoms with Gasteiger partial charge in [0.2, 0.25) is 23.5 Å². The molecule has 1 aliphatic rings. The number of carbonyl (C=O) groups excluding carboxylic acids is 6. The van der Waals surface area contributed by atoms with E-state index in [0.29, 0.717) is 37.9 Å². The number of halogens is 2. The van der Waals surface area contributed by atoms with Crippen molar-refractivity contribution in [2.45, 2.75) is 77.0 Å². The molecule has 3 rings (SSSR count). The lowest BCUT2D eigenvalue weighted by Gasteiger charge is -2.32. The van der Waals surface area contributed by atoms with E-state index in [4.69, 9.17) is 23.2 Å². The lowest BCUT2D eigenvalue weighted by molar-refractivity contribution is -0.142. The zero-order valence-electron chi connectivity index (χ0n) is 30.6. The molecular formula is C37H46Cl2N6O10. The van der Waals surface area contributed by atoms with E-state index in [9.17, 15) is 48.6 Å². The van der Waals surface area contributed by atoms with Crippen LogP contribution in [0.1, 0.15) is 85.2 Å². The summed E-state index contributed by atoms with van der Waals surface area (Å²) in [5, 5.41) is 34.6. The van der Waals surface area contributed by atoms with Gasteiger partial charge in [0, 0.05) is 0 Å². The summed E-state index contributed by atoms with van der Waals surface area (Å²) in [5.41, 5.74) is -0.455. The molecule has 2 aromatic carbocycles. The highest BCUT2D eigenvalue weighted by Gasteiger charge is 2.36. The number of hydrogen-bond donors (Lipinski definition) is 8. The number of piperidine rings is 1. The molecule has 0 aromatic heterocycles. The van der Waals surface area contributed by atoms with Gasteiger partial charge in [-0.05, 0) is 68.3 Å². The molecule has 1 saturated heterocycles. The van der Waals surface area contributed by atoms with Crippen LogP contribution in [0.5, 0.6) is 0 Å². The van der Waals surface area contributed by atoms with E-state index >= 15 is 0 Å². The lowest BCUT2D eigenvalue weighted by Crippen LogP contribution is -2.59. The Morgan fingerprint density at radius 3 is 1.98 bits per heavy atom. The molecule has 16 nitrogen and oxygen atoms in total. The van der Waals surface area contributed by atoms with E-state index < -0.39 is 89.5 Å². The summed E-state index contributed by atoms with van der Waals surface area (Å²) in [4.78, 5) is 104. The summed E-state index contributed by atoms with van der Waals surface area (Å²) >= 11 is 12.1. The van der Waals surface area contributed by atoms with Crippen LogP contribution >= 0.6 is 23.2 Å². The second-order valence-corrected chi connectivity index (χ2v) is 14.3. The van der Waals surface area contributed by atoms with Crippen molar-refractivity contribution in [3.63, 3.8) is 0 Å². The number of carboxylic acids is 2. The number of ketones is 1. The first-order valence-corrected chi connectivity index (χ1v) is 18.5. The van der Waals surface area contributed by atoms with Gasteiger partial charge in [0.15, 0.2) is 6.04 Å². The minimum atomic E-state index is -1.44. The molecule has 4 atom stereocenters. The van der Waals surface area contributed by atoms with Crippen molar-refractivity contribution in [1.82, 2.24) is 31.9 Å². The highest BCUT2D eigenvalue weighted by Crippen LogP contribution is 2.27. The predicted octanol–water partition coefficient (Wildman–Crippen LogP) is 2.23. The smallest absolute Gasteiger partial charge is 0.336 e. The maximum atomic E-state index is 14.0. The van der Waals surface area contributed by atoms with Gasteiger partial charge >= 0.3 is 11.9 Å². The van der Waals surface area contributed by atoms with Crippen LogP contribution in [-0.4, -0.2) is 95.2 Å². The topological polar surface area (TPSA) is 249 Å². The monoisotopic (exact) mass is 804 g/mol. The third-order valence-electron chi connectivity index (χ3n) is 8.83. The third-order valence-corrected chi connectivity index (χ3v) is 9.55. The van der Waals surface area contributed by atoms with Gasteiger partial charge < -0.3 is 42.1 Å². The van der Waals surface area contributed by atoms with Crippen LogP contribution < -0.4 is 31.9 Å². The fourth-order valence-electron chi connectivity index (χ4n) is 6.05. The minimum Gasteiger partial charge on any atom is -0.479 e. The van der Waals surface area contributed by atoms with Crippen molar-refractivity contribution in [3.8, 4) is 0 Å². The third kappa shape index (κ3) is 13.0. The van der Waals surface area contributed by atoms with Crippen LogP contribution in [-0.2, 0) is 28.8 Å².